The minimum atomic E-state index is 0.642. The van der Waals surface area contributed by atoms with Gasteiger partial charge in [-0.15, -0.1) is 0 Å². The Morgan fingerprint density at radius 2 is 1.92 bits per heavy atom. The monoisotopic (exact) mass is 188 g/mol. The molecule has 1 aromatic rings. The van der Waals surface area contributed by atoms with Crippen LogP contribution >= 0.6 is 0 Å². The summed E-state index contributed by atoms with van der Waals surface area (Å²) in [7, 11) is 1.16. The highest BCUT2D eigenvalue weighted by molar-refractivity contribution is 6.35. The van der Waals surface area contributed by atoms with Crippen molar-refractivity contribution in [2.24, 2.45) is 0 Å². The van der Waals surface area contributed by atoms with E-state index in [9.17, 15) is 0 Å². The number of hydrogen-bond donors (Lipinski definition) is 0. The molecular formula is C12H16Si. The number of fused-ring (bicyclic) bond motifs is 1. The summed E-state index contributed by atoms with van der Waals surface area (Å²) in [5, 5.41) is 1.55. The van der Waals surface area contributed by atoms with Crippen LogP contribution in [0.25, 0.3) is 5.57 Å². The van der Waals surface area contributed by atoms with Gasteiger partial charge in [-0.1, -0.05) is 35.9 Å². The van der Waals surface area contributed by atoms with Crippen molar-refractivity contribution in [2.75, 3.05) is 0 Å². The Morgan fingerprint density at radius 3 is 2.54 bits per heavy atom. The molecule has 0 saturated carbocycles. The smallest absolute Gasteiger partial charge is 0.0393 e. The molecule has 0 radical (unpaired) electrons. The van der Waals surface area contributed by atoms with Gasteiger partial charge in [-0.25, -0.2) is 0 Å². The summed E-state index contributed by atoms with van der Waals surface area (Å²) in [6.07, 6.45) is 0. The van der Waals surface area contributed by atoms with Crippen molar-refractivity contribution in [3.63, 3.8) is 0 Å². The predicted molar refractivity (Wildman–Crippen MR) is 62.7 cm³/mol. The van der Waals surface area contributed by atoms with E-state index in [1.54, 1.807) is 21.9 Å². The van der Waals surface area contributed by atoms with Crippen LogP contribution in [0.1, 0.15) is 37.8 Å². The second-order valence-corrected chi connectivity index (χ2v) is 5.15. The Labute approximate surface area is 83.1 Å². The maximum Gasteiger partial charge on any atom is 0.0393 e. The molecule has 0 fully saturated rings. The van der Waals surface area contributed by atoms with E-state index >= 15 is 0 Å². The van der Waals surface area contributed by atoms with Crippen molar-refractivity contribution in [3.8, 4) is 0 Å². The fourth-order valence-corrected chi connectivity index (χ4v) is 3.17. The van der Waals surface area contributed by atoms with Crippen LogP contribution in [-0.2, 0) is 0 Å². The SMILES string of the molecule is CC1=C(C)C(C)c2cccc([SiH3])c21. The molecule has 1 heteroatoms. The molecule has 1 aliphatic carbocycles. The normalized spacial score (nSPS) is 21.0. The molecule has 13 heavy (non-hydrogen) atoms. The van der Waals surface area contributed by atoms with Gasteiger partial charge in [0.15, 0.2) is 0 Å². The molecule has 0 bridgehead atoms. The molecule has 1 aromatic carbocycles. The molecule has 1 atom stereocenters. The van der Waals surface area contributed by atoms with Crippen LogP contribution in [0.2, 0.25) is 0 Å². The molecule has 0 N–H and O–H groups in total. The summed E-state index contributed by atoms with van der Waals surface area (Å²) in [6.45, 7) is 6.84. The van der Waals surface area contributed by atoms with E-state index in [1.807, 2.05) is 0 Å². The number of hydrogen-bond acceptors (Lipinski definition) is 0. The van der Waals surface area contributed by atoms with Crippen molar-refractivity contribution in [1.82, 2.24) is 0 Å². The van der Waals surface area contributed by atoms with Gasteiger partial charge in [0.05, 0.1) is 0 Å². The standard InChI is InChI=1S/C12H16Si/c1-7-8(2)10-5-4-6-11(13)12(10)9(7)3/h4-6,8H,1-3,13H3. The van der Waals surface area contributed by atoms with E-state index in [0.29, 0.717) is 5.92 Å². The van der Waals surface area contributed by atoms with E-state index < -0.39 is 0 Å². The highest BCUT2D eigenvalue weighted by Gasteiger charge is 2.23. The van der Waals surface area contributed by atoms with Crippen LogP contribution in [-0.4, -0.2) is 10.2 Å². The molecule has 0 saturated heterocycles. The van der Waals surface area contributed by atoms with E-state index in [2.05, 4.69) is 39.0 Å². The van der Waals surface area contributed by atoms with Gasteiger partial charge in [-0.2, -0.15) is 0 Å². The summed E-state index contributed by atoms with van der Waals surface area (Å²) in [6, 6.07) is 6.74. The third-order valence-corrected chi connectivity index (χ3v) is 4.22. The molecule has 0 amide bonds. The van der Waals surface area contributed by atoms with Gasteiger partial charge in [0.25, 0.3) is 0 Å². The molecule has 1 aliphatic rings. The zero-order chi connectivity index (χ0) is 9.59. The fraction of sp³-hybridized carbons (Fsp3) is 0.333. The maximum absolute atomic E-state index is 2.31. The summed E-state index contributed by atoms with van der Waals surface area (Å²) >= 11 is 0. The third kappa shape index (κ3) is 1.11. The quantitative estimate of drug-likeness (QED) is 0.542. The molecule has 0 nitrogen and oxygen atoms in total. The van der Waals surface area contributed by atoms with Crippen molar-refractivity contribution >= 4 is 21.0 Å². The van der Waals surface area contributed by atoms with Crippen LogP contribution in [0.15, 0.2) is 23.8 Å². The average Bonchev–Trinajstić information content (AvgIpc) is 2.33. The van der Waals surface area contributed by atoms with Crippen LogP contribution in [0.4, 0.5) is 0 Å². The van der Waals surface area contributed by atoms with Gasteiger partial charge < -0.3 is 0 Å². The van der Waals surface area contributed by atoms with Gasteiger partial charge in [0.1, 0.15) is 0 Å². The molecule has 0 spiro atoms. The third-order valence-electron chi connectivity index (χ3n) is 3.39. The van der Waals surface area contributed by atoms with E-state index in [0.717, 1.165) is 10.2 Å². The van der Waals surface area contributed by atoms with E-state index in [1.165, 1.54) is 5.57 Å². The Kier molecular flexibility index (Phi) is 1.92. The summed E-state index contributed by atoms with van der Waals surface area (Å²) in [5.41, 5.74) is 6.17. The lowest BCUT2D eigenvalue weighted by atomic mass is 9.99. The Bertz CT molecular complexity index is 388. The van der Waals surface area contributed by atoms with Crippen LogP contribution < -0.4 is 5.19 Å². The predicted octanol–water partition coefficient (Wildman–Crippen LogP) is 1.59. The van der Waals surface area contributed by atoms with Crippen molar-refractivity contribution < 1.29 is 0 Å². The van der Waals surface area contributed by atoms with Gasteiger partial charge in [-0.3, -0.25) is 0 Å². The zero-order valence-electron chi connectivity index (χ0n) is 8.81. The number of rotatable bonds is 0. The zero-order valence-corrected chi connectivity index (χ0v) is 10.8. The summed E-state index contributed by atoms with van der Waals surface area (Å²) < 4.78 is 0. The topological polar surface area (TPSA) is 0 Å². The van der Waals surface area contributed by atoms with Gasteiger partial charge in [-0.05, 0) is 30.5 Å². The molecule has 0 aliphatic heterocycles. The molecule has 2 rings (SSSR count). The summed E-state index contributed by atoms with van der Waals surface area (Å²) in [4.78, 5) is 0. The second kappa shape index (κ2) is 2.84. The Morgan fingerprint density at radius 1 is 1.23 bits per heavy atom. The van der Waals surface area contributed by atoms with Gasteiger partial charge >= 0.3 is 0 Å². The van der Waals surface area contributed by atoms with Gasteiger partial charge in [0, 0.05) is 16.2 Å². The largest absolute Gasteiger partial charge is 0.0634 e. The maximum atomic E-state index is 2.31. The van der Waals surface area contributed by atoms with Crippen LogP contribution in [0.3, 0.4) is 0 Å². The molecule has 1 unspecified atom stereocenters. The first-order valence-electron chi connectivity index (χ1n) is 4.90. The molecule has 0 aromatic heterocycles. The lowest BCUT2D eigenvalue weighted by Crippen LogP contribution is -2.09. The highest BCUT2D eigenvalue weighted by Crippen LogP contribution is 2.39. The minimum absolute atomic E-state index is 0.642. The first-order chi connectivity index (χ1) is 6.13. The molecule has 68 valence electrons. The summed E-state index contributed by atoms with van der Waals surface area (Å²) in [5.74, 6) is 0.642. The fourth-order valence-electron chi connectivity index (χ4n) is 2.32. The van der Waals surface area contributed by atoms with Crippen molar-refractivity contribution in [3.05, 3.63) is 34.9 Å². The van der Waals surface area contributed by atoms with E-state index in [4.69, 9.17) is 0 Å². The average molecular weight is 188 g/mol. The first-order valence-corrected chi connectivity index (χ1v) is 5.90. The van der Waals surface area contributed by atoms with Crippen molar-refractivity contribution in [2.45, 2.75) is 26.7 Å². The van der Waals surface area contributed by atoms with Gasteiger partial charge in [0.2, 0.25) is 0 Å². The lowest BCUT2D eigenvalue weighted by molar-refractivity contribution is 0.920. The van der Waals surface area contributed by atoms with Crippen LogP contribution in [0, 0.1) is 0 Å². The molecular weight excluding hydrogens is 172 g/mol. The minimum Gasteiger partial charge on any atom is -0.0634 e. The molecule has 0 heterocycles. The first kappa shape index (κ1) is 8.76. The highest BCUT2D eigenvalue weighted by atomic mass is 28.1. The number of benzene rings is 1. The number of allylic oxidation sites excluding steroid dienone is 2. The second-order valence-electron chi connectivity index (χ2n) is 4.07. The Balaban J connectivity index is 2.72. The van der Waals surface area contributed by atoms with Crippen molar-refractivity contribution in [1.29, 1.82) is 0 Å². The van der Waals surface area contributed by atoms with E-state index in [-0.39, 0.29) is 0 Å². The Hall–Kier alpha value is -0.823. The van der Waals surface area contributed by atoms with Crippen LogP contribution in [0.5, 0.6) is 0 Å². The lowest BCUT2D eigenvalue weighted by Gasteiger charge is -2.08.